The number of carbonyl (C=O) groups excluding carboxylic acids is 2. The predicted molar refractivity (Wildman–Crippen MR) is 219 cm³/mol. The van der Waals surface area contributed by atoms with Crippen molar-refractivity contribution in [3.8, 4) is 0 Å². The van der Waals surface area contributed by atoms with Crippen molar-refractivity contribution in [2.24, 2.45) is 5.73 Å². The average Bonchev–Trinajstić information content (AvgIpc) is 3.14. The Morgan fingerprint density at radius 3 is 1.55 bits per heavy atom. The fourth-order valence-corrected chi connectivity index (χ4v) is 6.03. The number of hydrogen-bond acceptors (Lipinski definition) is 8. The first-order valence-corrected chi connectivity index (χ1v) is 22.3. The summed E-state index contributed by atoms with van der Waals surface area (Å²) < 4.78 is 32.6. The van der Waals surface area contributed by atoms with Crippen molar-refractivity contribution >= 4 is 19.8 Å². The van der Waals surface area contributed by atoms with E-state index in [4.69, 9.17) is 24.3 Å². The van der Waals surface area contributed by atoms with Gasteiger partial charge in [-0.1, -0.05) is 139 Å². The summed E-state index contributed by atoms with van der Waals surface area (Å²) in [7, 11) is -4.40. The van der Waals surface area contributed by atoms with Crippen molar-refractivity contribution in [2.45, 2.75) is 174 Å². The Kier molecular flexibility index (Phi) is 37.7. The molecule has 0 aromatic rings. The summed E-state index contributed by atoms with van der Waals surface area (Å²) >= 11 is 0. The van der Waals surface area contributed by atoms with Crippen LogP contribution in [0.3, 0.4) is 0 Å². The molecule has 0 aliphatic rings. The molecule has 0 radical (unpaired) electrons. The molecule has 0 amide bonds. The van der Waals surface area contributed by atoms with Gasteiger partial charge in [-0.3, -0.25) is 18.6 Å². The molecule has 3 N–H and O–H groups in total. The number of ether oxygens (including phenoxy) is 2. The van der Waals surface area contributed by atoms with Gasteiger partial charge in [-0.2, -0.15) is 0 Å². The van der Waals surface area contributed by atoms with E-state index in [0.29, 0.717) is 12.8 Å². The number of allylic oxidation sites excluding steroid dienone is 10. The number of unbranched alkanes of at least 4 members (excludes halogenated alkanes) is 15. The lowest BCUT2D eigenvalue weighted by molar-refractivity contribution is -0.161. The van der Waals surface area contributed by atoms with Gasteiger partial charge in [-0.05, 0) is 77.0 Å². The van der Waals surface area contributed by atoms with Crippen LogP contribution in [0.1, 0.15) is 168 Å². The third kappa shape index (κ3) is 39.2. The molecule has 0 rings (SSSR count). The van der Waals surface area contributed by atoms with E-state index in [2.05, 4.69) is 74.6 Å². The van der Waals surface area contributed by atoms with E-state index in [0.717, 1.165) is 51.4 Å². The molecule has 0 aliphatic heterocycles. The number of esters is 2. The highest BCUT2D eigenvalue weighted by atomic mass is 31.2. The minimum Gasteiger partial charge on any atom is -0.462 e. The monoisotopic (exact) mass is 766 g/mol. The van der Waals surface area contributed by atoms with Crippen LogP contribution >= 0.6 is 7.82 Å². The first kappa shape index (κ1) is 50.7. The Balaban J connectivity index is 4.32. The van der Waals surface area contributed by atoms with Crippen LogP contribution in [-0.4, -0.2) is 49.3 Å². The molecule has 0 spiro atoms. The van der Waals surface area contributed by atoms with Crippen LogP contribution < -0.4 is 5.73 Å². The molecule has 2 atom stereocenters. The predicted octanol–water partition coefficient (Wildman–Crippen LogP) is 11.7. The SMILES string of the molecule is CCCCC/C=C/C/C=C/C/C=C/CCCCC(=O)OC[C@H](COP(=O)(O)OCCN)OC(=O)CCC/C=C/C/C=C/CCCCCCCCCCC. The van der Waals surface area contributed by atoms with Crippen LogP contribution in [0.25, 0.3) is 0 Å². The van der Waals surface area contributed by atoms with Gasteiger partial charge in [0.25, 0.3) is 0 Å². The molecule has 0 bridgehead atoms. The maximum atomic E-state index is 12.5. The Bertz CT molecular complexity index is 1050. The number of phosphoric ester groups is 1. The topological polar surface area (TPSA) is 134 Å². The standard InChI is InChI=1S/C43H76NO8P/c1-3-5-7-9-11-13-15-17-19-20-22-24-26-28-30-32-34-36-43(46)52-41(40-51-53(47,48)50-38-37-44)39-49-42(45)35-33-31-29-27-25-23-21-18-16-14-12-10-8-6-4-2/h12,14,18,21-22,24-25,27-28,30,41H,3-11,13,15-17,19-20,23,26,29,31-40,44H2,1-2H3,(H,47,48)/b14-12+,21-18+,24-22+,27-25+,30-28+/t41-/m1/s1. The van der Waals surface area contributed by atoms with Gasteiger partial charge in [0.05, 0.1) is 13.2 Å². The molecule has 0 aromatic heterocycles. The number of phosphoric acid groups is 1. The van der Waals surface area contributed by atoms with Gasteiger partial charge in [0.2, 0.25) is 0 Å². The minimum atomic E-state index is -4.40. The molecule has 306 valence electrons. The van der Waals surface area contributed by atoms with Crippen molar-refractivity contribution < 1.29 is 37.6 Å². The minimum absolute atomic E-state index is 0.0397. The highest BCUT2D eigenvalue weighted by Gasteiger charge is 2.25. The van der Waals surface area contributed by atoms with Crippen molar-refractivity contribution in [1.29, 1.82) is 0 Å². The normalized spacial score (nSPS) is 14.0. The second kappa shape index (κ2) is 39.4. The average molecular weight is 766 g/mol. The summed E-state index contributed by atoms with van der Waals surface area (Å²) in [5.74, 6) is -0.931. The Hall–Kier alpha value is -2.29. The third-order valence-corrected chi connectivity index (χ3v) is 9.36. The molecule has 0 saturated heterocycles. The molecule has 1 unspecified atom stereocenters. The Morgan fingerprint density at radius 2 is 1.00 bits per heavy atom. The highest BCUT2D eigenvalue weighted by molar-refractivity contribution is 7.47. The van der Waals surface area contributed by atoms with E-state index in [1.165, 1.54) is 77.0 Å². The molecule has 0 saturated carbocycles. The van der Waals surface area contributed by atoms with Crippen molar-refractivity contribution in [3.63, 3.8) is 0 Å². The van der Waals surface area contributed by atoms with Gasteiger partial charge in [-0.25, -0.2) is 4.57 Å². The van der Waals surface area contributed by atoms with Gasteiger partial charge in [-0.15, -0.1) is 0 Å². The largest absolute Gasteiger partial charge is 0.472 e. The van der Waals surface area contributed by atoms with Crippen LogP contribution in [0.15, 0.2) is 60.8 Å². The van der Waals surface area contributed by atoms with Crippen LogP contribution in [0.4, 0.5) is 0 Å². The quantitative estimate of drug-likeness (QED) is 0.0272. The highest BCUT2D eigenvalue weighted by Crippen LogP contribution is 2.43. The van der Waals surface area contributed by atoms with Crippen LogP contribution in [0.5, 0.6) is 0 Å². The lowest BCUT2D eigenvalue weighted by Gasteiger charge is -2.19. The summed E-state index contributed by atoms with van der Waals surface area (Å²) in [5, 5.41) is 0. The number of carbonyl (C=O) groups is 2. The van der Waals surface area contributed by atoms with E-state index < -0.39 is 32.5 Å². The van der Waals surface area contributed by atoms with E-state index >= 15 is 0 Å². The maximum absolute atomic E-state index is 12.5. The van der Waals surface area contributed by atoms with Gasteiger partial charge in [0, 0.05) is 19.4 Å². The first-order valence-electron chi connectivity index (χ1n) is 20.8. The number of nitrogens with two attached hydrogens (primary N) is 1. The summed E-state index contributed by atoms with van der Waals surface area (Å²) in [6, 6.07) is 0. The van der Waals surface area contributed by atoms with E-state index in [1.807, 2.05) is 0 Å². The van der Waals surface area contributed by atoms with Crippen LogP contribution in [0, 0.1) is 0 Å². The summed E-state index contributed by atoms with van der Waals surface area (Å²) in [5.41, 5.74) is 5.33. The zero-order chi connectivity index (χ0) is 38.9. The van der Waals surface area contributed by atoms with E-state index in [9.17, 15) is 19.0 Å². The molecular formula is C43H76NO8P. The van der Waals surface area contributed by atoms with Crippen LogP contribution in [0.2, 0.25) is 0 Å². The fraction of sp³-hybridized carbons (Fsp3) is 0.721. The van der Waals surface area contributed by atoms with Gasteiger partial charge in [0.1, 0.15) is 6.61 Å². The Morgan fingerprint density at radius 1 is 0.566 bits per heavy atom. The number of rotatable bonds is 38. The van der Waals surface area contributed by atoms with Crippen molar-refractivity contribution in [1.82, 2.24) is 0 Å². The lowest BCUT2D eigenvalue weighted by atomic mass is 10.1. The third-order valence-electron chi connectivity index (χ3n) is 8.38. The molecule has 0 heterocycles. The van der Waals surface area contributed by atoms with Gasteiger partial charge < -0.3 is 20.1 Å². The molecule has 53 heavy (non-hydrogen) atoms. The fourth-order valence-electron chi connectivity index (χ4n) is 5.27. The van der Waals surface area contributed by atoms with E-state index in [-0.39, 0.29) is 32.6 Å². The number of hydrogen-bond donors (Lipinski definition) is 2. The second-order valence-corrected chi connectivity index (χ2v) is 14.9. The van der Waals surface area contributed by atoms with Gasteiger partial charge in [0.15, 0.2) is 6.10 Å². The molecule has 0 fully saturated rings. The van der Waals surface area contributed by atoms with Gasteiger partial charge >= 0.3 is 19.8 Å². The lowest BCUT2D eigenvalue weighted by Crippen LogP contribution is -2.29. The zero-order valence-electron chi connectivity index (χ0n) is 33.5. The molecule has 0 aromatic carbocycles. The second-order valence-electron chi connectivity index (χ2n) is 13.5. The first-order chi connectivity index (χ1) is 25.8. The summed E-state index contributed by atoms with van der Waals surface area (Å²) in [4.78, 5) is 34.8. The van der Waals surface area contributed by atoms with E-state index in [1.54, 1.807) is 0 Å². The van der Waals surface area contributed by atoms with Crippen molar-refractivity contribution in [3.05, 3.63) is 60.8 Å². The molecule has 10 heteroatoms. The summed E-state index contributed by atoms with van der Waals surface area (Å²) in [6.45, 7) is 3.60. The Labute approximate surface area is 323 Å². The zero-order valence-corrected chi connectivity index (χ0v) is 34.4. The molecule has 0 aliphatic carbocycles. The van der Waals surface area contributed by atoms with Crippen molar-refractivity contribution in [2.75, 3.05) is 26.4 Å². The summed E-state index contributed by atoms with van der Waals surface area (Å²) in [6.07, 6.45) is 45.5. The smallest absolute Gasteiger partial charge is 0.462 e. The molecule has 9 nitrogen and oxygen atoms in total. The maximum Gasteiger partial charge on any atom is 0.472 e. The molecular weight excluding hydrogens is 689 g/mol. The van der Waals surface area contributed by atoms with Crippen LogP contribution in [-0.2, 0) is 32.7 Å².